The van der Waals surface area contributed by atoms with Crippen LogP contribution >= 0.6 is 11.3 Å². The number of aromatic amines is 1. The van der Waals surface area contributed by atoms with Gasteiger partial charge in [-0.25, -0.2) is 0 Å². The fraction of sp³-hybridized carbons (Fsp3) is 0.143. The van der Waals surface area contributed by atoms with E-state index in [1.165, 1.54) is 11.3 Å². The van der Waals surface area contributed by atoms with Gasteiger partial charge in [-0.3, -0.25) is 4.79 Å². The molecule has 0 aliphatic heterocycles. The van der Waals surface area contributed by atoms with Crippen LogP contribution in [0.25, 0.3) is 21.1 Å². The fourth-order valence-electron chi connectivity index (χ4n) is 3.03. The highest BCUT2D eigenvalue weighted by atomic mass is 32.1. The molecule has 27 heavy (non-hydrogen) atoms. The standard InChI is InChI=1S/C21H17N3O2S/c1-3-11-24-18-10-9-14(26-4-2)12-19(18)27-21(24)23-20(25)16-13-22-17-8-6-5-7-15(16)17/h1,5-10,12-13,22H,4,11H2,2H3. The maximum Gasteiger partial charge on any atom is 0.281 e. The van der Waals surface area contributed by atoms with E-state index < -0.39 is 0 Å². The van der Waals surface area contributed by atoms with Crippen LogP contribution in [0.3, 0.4) is 0 Å². The number of nitrogens with zero attached hydrogens (tertiary/aromatic N) is 2. The molecule has 6 heteroatoms. The molecule has 5 nitrogen and oxygen atoms in total. The van der Waals surface area contributed by atoms with Gasteiger partial charge in [-0.05, 0) is 31.2 Å². The molecule has 0 aliphatic carbocycles. The van der Waals surface area contributed by atoms with Crippen LogP contribution in [0.1, 0.15) is 17.3 Å². The number of benzene rings is 2. The van der Waals surface area contributed by atoms with E-state index in [4.69, 9.17) is 11.2 Å². The van der Waals surface area contributed by atoms with Crippen molar-refractivity contribution in [2.24, 2.45) is 4.99 Å². The van der Waals surface area contributed by atoms with Crippen molar-refractivity contribution in [3.8, 4) is 18.1 Å². The summed E-state index contributed by atoms with van der Waals surface area (Å²) in [5, 5.41) is 0.856. The van der Waals surface area contributed by atoms with Gasteiger partial charge >= 0.3 is 0 Å². The highest BCUT2D eigenvalue weighted by molar-refractivity contribution is 7.16. The average molecular weight is 375 g/mol. The van der Waals surface area contributed by atoms with Gasteiger partial charge in [0.25, 0.3) is 5.91 Å². The molecule has 1 N–H and O–H groups in total. The van der Waals surface area contributed by atoms with Gasteiger partial charge in [-0.15, -0.1) is 6.42 Å². The lowest BCUT2D eigenvalue weighted by Gasteiger charge is -2.03. The number of hydrogen-bond acceptors (Lipinski definition) is 3. The van der Waals surface area contributed by atoms with Gasteiger partial charge in [-0.1, -0.05) is 35.5 Å². The van der Waals surface area contributed by atoms with E-state index in [1.807, 2.05) is 54.0 Å². The van der Waals surface area contributed by atoms with Gasteiger partial charge in [0.15, 0.2) is 4.80 Å². The van der Waals surface area contributed by atoms with Gasteiger partial charge in [0.05, 0.1) is 28.9 Å². The van der Waals surface area contributed by atoms with Gasteiger partial charge < -0.3 is 14.3 Å². The number of ether oxygens (including phenoxy) is 1. The lowest BCUT2D eigenvalue weighted by molar-refractivity contribution is 0.0999. The van der Waals surface area contributed by atoms with Gasteiger partial charge in [0.2, 0.25) is 0 Å². The number of terminal acetylenes is 1. The average Bonchev–Trinajstić information content (AvgIpc) is 3.24. The van der Waals surface area contributed by atoms with Crippen LogP contribution in [-0.4, -0.2) is 22.1 Å². The lowest BCUT2D eigenvalue weighted by atomic mass is 10.2. The number of thiazole rings is 1. The lowest BCUT2D eigenvalue weighted by Crippen LogP contribution is -2.16. The zero-order valence-corrected chi connectivity index (χ0v) is 15.5. The zero-order valence-electron chi connectivity index (χ0n) is 14.7. The van der Waals surface area contributed by atoms with Gasteiger partial charge in [0, 0.05) is 17.1 Å². The van der Waals surface area contributed by atoms with E-state index in [0.29, 0.717) is 23.5 Å². The van der Waals surface area contributed by atoms with Crippen molar-refractivity contribution in [2.75, 3.05) is 6.61 Å². The molecule has 0 aliphatic rings. The summed E-state index contributed by atoms with van der Waals surface area (Å²) in [5.41, 5.74) is 2.39. The number of nitrogens with one attached hydrogen (secondary N) is 1. The maximum atomic E-state index is 12.8. The van der Waals surface area contributed by atoms with E-state index in [0.717, 1.165) is 26.9 Å². The van der Waals surface area contributed by atoms with Gasteiger partial charge in [-0.2, -0.15) is 4.99 Å². The Hall–Kier alpha value is -3.30. The maximum absolute atomic E-state index is 12.8. The first-order valence-electron chi connectivity index (χ1n) is 8.56. The minimum Gasteiger partial charge on any atom is -0.494 e. The zero-order chi connectivity index (χ0) is 18.8. The van der Waals surface area contributed by atoms with Crippen molar-refractivity contribution < 1.29 is 9.53 Å². The molecule has 2 aromatic heterocycles. The third kappa shape index (κ3) is 3.14. The predicted molar refractivity (Wildman–Crippen MR) is 108 cm³/mol. The molecular formula is C21H17N3O2S. The second kappa shape index (κ2) is 7.14. The van der Waals surface area contributed by atoms with E-state index in [1.54, 1.807) is 6.20 Å². The predicted octanol–water partition coefficient (Wildman–Crippen LogP) is 3.96. The molecule has 1 amide bonds. The highest BCUT2D eigenvalue weighted by Crippen LogP contribution is 2.24. The first-order valence-corrected chi connectivity index (χ1v) is 9.37. The van der Waals surface area contributed by atoms with Crippen LogP contribution < -0.4 is 9.54 Å². The Bertz CT molecular complexity index is 1250. The number of amides is 1. The first-order chi connectivity index (χ1) is 13.2. The number of rotatable bonds is 4. The summed E-state index contributed by atoms with van der Waals surface area (Å²) in [4.78, 5) is 20.9. The Labute approximate surface area is 159 Å². The van der Waals surface area contributed by atoms with Crippen LogP contribution in [0, 0.1) is 12.3 Å². The Kier molecular flexibility index (Phi) is 4.53. The molecule has 2 heterocycles. The number of carbonyl (C=O) groups is 1. The summed E-state index contributed by atoms with van der Waals surface area (Å²) >= 11 is 1.42. The van der Waals surface area contributed by atoms with Crippen molar-refractivity contribution in [3.05, 3.63) is 59.0 Å². The molecule has 0 saturated heterocycles. The van der Waals surface area contributed by atoms with Crippen molar-refractivity contribution in [1.29, 1.82) is 0 Å². The monoisotopic (exact) mass is 375 g/mol. The highest BCUT2D eigenvalue weighted by Gasteiger charge is 2.13. The second-order valence-corrected chi connectivity index (χ2v) is 6.91. The van der Waals surface area contributed by atoms with E-state index >= 15 is 0 Å². The number of para-hydroxylation sites is 1. The number of fused-ring (bicyclic) bond motifs is 2. The number of aromatic nitrogens is 2. The van der Waals surface area contributed by atoms with Crippen LogP contribution in [0.2, 0.25) is 0 Å². The van der Waals surface area contributed by atoms with E-state index in [-0.39, 0.29) is 5.91 Å². The number of carbonyl (C=O) groups excluding carboxylic acids is 1. The fourth-order valence-corrected chi connectivity index (χ4v) is 4.09. The smallest absolute Gasteiger partial charge is 0.281 e. The summed E-state index contributed by atoms with van der Waals surface area (Å²) < 4.78 is 8.42. The van der Waals surface area contributed by atoms with Crippen molar-refractivity contribution >= 4 is 38.4 Å². The summed E-state index contributed by atoms with van der Waals surface area (Å²) in [6, 6.07) is 13.5. The summed E-state index contributed by atoms with van der Waals surface area (Å²) in [5.74, 6) is 3.13. The van der Waals surface area contributed by atoms with E-state index in [2.05, 4.69) is 15.9 Å². The third-order valence-corrected chi connectivity index (χ3v) is 5.27. The summed E-state index contributed by atoms with van der Waals surface area (Å²) in [6.07, 6.45) is 7.23. The molecule has 134 valence electrons. The molecule has 0 fully saturated rings. The minimum atomic E-state index is -0.296. The molecule has 0 bridgehead atoms. The van der Waals surface area contributed by atoms with E-state index in [9.17, 15) is 4.79 Å². The molecule has 2 aromatic carbocycles. The molecule has 0 spiro atoms. The minimum absolute atomic E-state index is 0.296. The van der Waals surface area contributed by atoms with Crippen LogP contribution in [-0.2, 0) is 6.54 Å². The molecular weight excluding hydrogens is 358 g/mol. The SMILES string of the molecule is C#CCn1c(=NC(=O)c2c[nH]c3ccccc23)sc2cc(OCC)ccc21. The first kappa shape index (κ1) is 17.1. The number of hydrogen-bond donors (Lipinski definition) is 1. The third-order valence-electron chi connectivity index (χ3n) is 4.23. The topological polar surface area (TPSA) is 59.4 Å². The molecule has 0 atom stereocenters. The molecule has 4 aromatic rings. The Morgan fingerprint density at radius 2 is 2.19 bits per heavy atom. The van der Waals surface area contributed by atoms with Crippen molar-refractivity contribution in [3.63, 3.8) is 0 Å². The molecule has 0 saturated carbocycles. The largest absolute Gasteiger partial charge is 0.494 e. The van der Waals surface area contributed by atoms with Crippen molar-refractivity contribution in [1.82, 2.24) is 9.55 Å². The van der Waals surface area contributed by atoms with Crippen LogP contribution in [0.4, 0.5) is 0 Å². The number of H-pyrrole nitrogens is 1. The van der Waals surface area contributed by atoms with Crippen molar-refractivity contribution in [2.45, 2.75) is 13.5 Å². The Morgan fingerprint density at radius 3 is 3.00 bits per heavy atom. The Balaban J connectivity index is 1.85. The normalized spacial score (nSPS) is 11.8. The molecule has 0 radical (unpaired) electrons. The van der Waals surface area contributed by atoms with Gasteiger partial charge in [0.1, 0.15) is 5.75 Å². The van der Waals surface area contributed by atoms with Crippen LogP contribution in [0.15, 0.2) is 53.7 Å². The molecule has 4 rings (SSSR count). The quantitative estimate of drug-likeness (QED) is 0.549. The second-order valence-electron chi connectivity index (χ2n) is 5.90. The van der Waals surface area contributed by atoms with Crippen LogP contribution in [0.5, 0.6) is 5.75 Å². The summed E-state index contributed by atoms with van der Waals surface area (Å²) in [6.45, 7) is 2.88. The molecule has 0 unspecified atom stereocenters. The summed E-state index contributed by atoms with van der Waals surface area (Å²) in [7, 11) is 0. The Morgan fingerprint density at radius 1 is 1.33 bits per heavy atom.